The number of fused-ring (bicyclic) bond motifs is 1. The largest absolute Gasteiger partial charge is 0.462 e. The number of likely N-dealkylation sites (N-methyl/N-ethyl adjacent to an activating group) is 1. The summed E-state index contributed by atoms with van der Waals surface area (Å²) in [6.07, 6.45) is 2.89. The fourth-order valence-electron chi connectivity index (χ4n) is 3.71. The molecule has 1 aliphatic carbocycles. The van der Waals surface area contributed by atoms with Crippen LogP contribution in [0.25, 0.3) is 0 Å². The first-order valence-electron chi connectivity index (χ1n) is 9.94. The number of hydrogen-bond acceptors (Lipinski definition) is 4. The number of ether oxygens (including phenoxy) is 1. The molecule has 5 nitrogen and oxygen atoms in total. The summed E-state index contributed by atoms with van der Waals surface area (Å²) in [6.45, 7) is 5.48. The summed E-state index contributed by atoms with van der Waals surface area (Å²) in [7, 11) is 2.00. The Bertz CT molecular complexity index is 832. The number of hydrogen-bond donors (Lipinski definition) is 2. The zero-order valence-electron chi connectivity index (χ0n) is 16.8. The highest BCUT2D eigenvalue weighted by atomic mass is 32.1. The van der Waals surface area contributed by atoms with Crippen LogP contribution in [0.5, 0.6) is 0 Å². The number of esters is 1. The van der Waals surface area contributed by atoms with E-state index in [-0.39, 0.29) is 11.9 Å². The molecule has 0 saturated heterocycles. The van der Waals surface area contributed by atoms with Crippen LogP contribution >= 0.6 is 11.3 Å². The molecule has 3 rings (SSSR count). The topological polar surface area (TPSA) is 59.8 Å². The fraction of sp³-hybridized carbons (Fsp3) is 0.455. The summed E-state index contributed by atoms with van der Waals surface area (Å²) < 4.78 is 5.27. The summed E-state index contributed by atoms with van der Waals surface area (Å²) in [5, 5.41) is 3.64. The van der Waals surface area contributed by atoms with Crippen molar-refractivity contribution in [1.82, 2.24) is 0 Å². The van der Waals surface area contributed by atoms with Crippen molar-refractivity contribution in [1.29, 1.82) is 0 Å². The lowest BCUT2D eigenvalue weighted by molar-refractivity contribution is -0.885. The molecule has 6 heteroatoms. The maximum absolute atomic E-state index is 12.6. The van der Waals surface area contributed by atoms with E-state index in [1.165, 1.54) is 21.8 Å². The maximum atomic E-state index is 12.6. The molecule has 0 bridgehead atoms. The Balaban J connectivity index is 1.71. The van der Waals surface area contributed by atoms with Gasteiger partial charge in [0.2, 0.25) is 0 Å². The van der Waals surface area contributed by atoms with Gasteiger partial charge >= 0.3 is 5.97 Å². The molecule has 1 heterocycles. The smallest absolute Gasteiger partial charge is 0.341 e. The normalized spacial score (nSPS) is 16.9. The molecule has 150 valence electrons. The number of carbonyl (C=O) groups excluding carboxylic acids is 2. The Morgan fingerprint density at radius 3 is 2.75 bits per heavy atom. The van der Waals surface area contributed by atoms with Gasteiger partial charge in [-0.1, -0.05) is 37.3 Å². The van der Waals surface area contributed by atoms with Gasteiger partial charge < -0.3 is 15.0 Å². The number of anilines is 1. The van der Waals surface area contributed by atoms with Gasteiger partial charge in [-0.2, -0.15) is 0 Å². The monoisotopic (exact) mass is 401 g/mol. The Morgan fingerprint density at radius 1 is 1.29 bits per heavy atom. The number of thiophene rings is 1. The summed E-state index contributed by atoms with van der Waals surface area (Å²) in [5.74, 6) is 0.201. The fourth-order valence-corrected chi connectivity index (χ4v) is 5.12. The summed E-state index contributed by atoms with van der Waals surface area (Å²) in [6, 6.07) is 10.1. The van der Waals surface area contributed by atoms with Gasteiger partial charge in [0.1, 0.15) is 11.5 Å². The third-order valence-electron chi connectivity index (χ3n) is 5.06. The van der Waals surface area contributed by atoms with Crippen LogP contribution < -0.4 is 10.2 Å². The summed E-state index contributed by atoms with van der Waals surface area (Å²) in [4.78, 5) is 27.5. The predicted molar refractivity (Wildman–Crippen MR) is 112 cm³/mol. The zero-order chi connectivity index (χ0) is 20.1. The van der Waals surface area contributed by atoms with Gasteiger partial charge in [0, 0.05) is 10.4 Å². The highest BCUT2D eigenvalue weighted by Crippen LogP contribution is 2.40. The van der Waals surface area contributed by atoms with Crippen molar-refractivity contribution in [2.45, 2.75) is 39.7 Å². The molecule has 1 aromatic heterocycles. The predicted octanol–water partition coefficient (Wildman–Crippen LogP) is 2.70. The van der Waals surface area contributed by atoms with E-state index in [9.17, 15) is 9.59 Å². The molecule has 1 aliphatic rings. The van der Waals surface area contributed by atoms with E-state index in [2.05, 4.69) is 24.4 Å². The molecular formula is C22H29N2O3S+. The van der Waals surface area contributed by atoms with Crippen molar-refractivity contribution in [3.05, 3.63) is 51.9 Å². The van der Waals surface area contributed by atoms with Crippen LogP contribution in [0.2, 0.25) is 0 Å². The van der Waals surface area contributed by atoms with Crippen molar-refractivity contribution in [2.75, 3.05) is 25.5 Å². The lowest BCUT2D eigenvalue weighted by atomic mass is 9.88. The van der Waals surface area contributed by atoms with Crippen LogP contribution in [0.4, 0.5) is 5.00 Å². The third kappa shape index (κ3) is 5.00. The molecule has 0 aliphatic heterocycles. The minimum absolute atomic E-state index is 0.0781. The number of quaternary nitrogens is 1. The highest BCUT2D eigenvalue weighted by molar-refractivity contribution is 7.17. The number of rotatable bonds is 7. The quantitative estimate of drug-likeness (QED) is 0.702. The van der Waals surface area contributed by atoms with Crippen LogP contribution in [0.3, 0.4) is 0 Å². The van der Waals surface area contributed by atoms with Gasteiger partial charge in [0.15, 0.2) is 6.54 Å². The van der Waals surface area contributed by atoms with E-state index in [0.717, 1.165) is 36.3 Å². The zero-order valence-corrected chi connectivity index (χ0v) is 17.7. The lowest BCUT2D eigenvalue weighted by Gasteiger charge is -2.18. The van der Waals surface area contributed by atoms with Crippen molar-refractivity contribution in [3.63, 3.8) is 0 Å². The molecule has 2 atom stereocenters. The van der Waals surface area contributed by atoms with Gasteiger partial charge in [0.05, 0.1) is 19.2 Å². The molecule has 0 saturated carbocycles. The van der Waals surface area contributed by atoms with E-state index >= 15 is 0 Å². The van der Waals surface area contributed by atoms with Crippen LogP contribution in [0, 0.1) is 5.92 Å². The molecule has 28 heavy (non-hydrogen) atoms. The molecule has 0 radical (unpaired) electrons. The maximum Gasteiger partial charge on any atom is 0.341 e. The molecule has 2 aromatic rings. The van der Waals surface area contributed by atoms with Crippen LogP contribution in [-0.2, 0) is 28.9 Å². The van der Waals surface area contributed by atoms with Gasteiger partial charge in [-0.3, -0.25) is 4.79 Å². The standard InChI is InChI=1S/C22H28N2O3S/c1-4-27-22(26)20-17-11-10-15(2)12-18(17)28-21(20)23-19(25)14-24(3)13-16-8-6-5-7-9-16/h5-9,15H,4,10-14H2,1-3H3,(H,23,25)/p+1. The average Bonchev–Trinajstić information content (AvgIpc) is 2.99. The van der Waals surface area contributed by atoms with E-state index in [0.29, 0.717) is 29.6 Å². The average molecular weight is 402 g/mol. The number of nitrogens with one attached hydrogen (secondary N) is 2. The van der Waals surface area contributed by atoms with Crippen molar-refractivity contribution in [3.8, 4) is 0 Å². The lowest BCUT2D eigenvalue weighted by Crippen LogP contribution is -3.08. The van der Waals surface area contributed by atoms with Gasteiger partial charge in [-0.05, 0) is 37.7 Å². The summed E-state index contributed by atoms with van der Waals surface area (Å²) >= 11 is 1.54. The van der Waals surface area contributed by atoms with Crippen molar-refractivity contribution < 1.29 is 19.2 Å². The highest BCUT2D eigenvalue weighted by Gasteiger charge is 2.29. The first-order chi connectivity index (χ1) is 13.5. The van der Waals surface area contributed by atoms with Crippen molar-refractivity contribution in [2.24, 2.45) is 5.92 Å². The molecular weight excluding hydrogens is 372 g/mol. The SMILES string of the molecule is CCOC(=O)c1c(NC(=O)C[NH+](C)Cc2ccccc2)sc2c1CCC(C)C2. The minimum atomic E-state index is -0.324. The van der Waals surface area contributed by atoms with Crippen LogP contribution in [0.1, 0.15) is 46.6 Å². The molecule has 0 spiro atoms. The van der Waals surface area contributed by atoms with Gasteiger partial charge in [0.25, 0.3) is 5.91 Å². The number of carbonyl (C=O) groups is 2. The first-order valence-corrected chi connectivity index (χ1v) is 10.8. The Hall–Kier alpha value is -2.18. The van der Waals surface area contributed by atoms with E-state index in [1.54, 1.807) is 6.92 Å². The molecule has 2 unspecified atom stereocenters. The van der Waals surface area contributed by atoms with Gasteiger partial charge in [-0.25, -0.2) is 4.79 Å². The van der Waals surface area contributed by atoms with Crippen LogP contribution in [-0.4, -0.2) is 32.1 Å². The second-order valence-corrected chi connectivity index (χ2v) is 8.73. The van der Waals surface area contributed by atoms with E-state index in [1.807, 2.05) is 25.2 Å². The Morgan fingerprint density at radius 2 is 2.04 bits per heavy atom. The molecule has 1 aromatic carbocycles. The van der Waals surface area contributed by atoms with Gasteiger partial charge in [-0.15, -0.1) is 11.3 Å². The second kappa shape index (κ2) is 9.34. The number of benzene rings is 1. The molecule has 2 N–H and O–H groups in total. The first kappa shape index (κ1) is 20.6. The molecule has 1 amide bonds. The Kier molecular flexibility index (Phi) is 6.86. The Labute approximate surface area is 170 Å². The van der Waals surface area contributed by atoms with E-state index < -0.39 is 0 Å². The summed E-state index contributed by atoms with van der Waals surface area (Å²) in [5.41, 5.74) is 2.84. The number of amides is 1. The van der Waals surface area contributed by atoms with Crippen LogP contribution in [0.15, 0.2) is 30.3 Å². The molecule has 0 fully saturated rings. The van der Waals surface area contributed by atoms with Crippen molar-refractivity contribution >= 4 is 28.2 Å². The second-order valence-electron chi connectivity index (χ2n) is 7.62. The third-order valence-corrected chi connectivity index (χ3v) is 6.23. The minimum Gasteiger partial charge on any atom is -0.462 e. The van der Waals surface area contributed by atoms with E-state index in [4.69, 9.17) is 4.74 Å².